The first kappa shape index (κ1) is 21.9. The van der Waals surface area contributed by atoms with Crippen LogP contribution in [0.5, 0.6) is 0 Å². The molecule has 2 atom stereocenters. The maximum atomic E-state index is 13.1. The van der Waals surface area contributed by atoms with Crippen LogP contribution in [0.1, 0.15) is 30.9 Å². The first-order valence-corrected chi connectivity index (χ1v) is 11.1. The predicted molar refractivity (Wildman–Crippen MR) is 123 cm³/mol. The van der Waals surface area contributed by atoms with E-state index in [2.05, 4.69) is 16.6 Å². The number of nitriles is 1. The minimum Gasteiger partial charge on any atom is -0.284 e. The smallest absolute Gasteiger partial charge is 0.283 e. The summed E-state index contributed by atoms with van der Waals surface area (Å²) in [5, 5.41) is 19.6. The molecule has 1 amide bonds. The summed E-state index contributed by atoms with van der Waals surface area (Å²) in [6.45, 7) is 1.56. The molecular weight excluding hydrogens is 457 g/mol. The Morgan fingerprint density at radius 2 is 1.71 bits per heavy atom. The zero-order valence-electron chi connectivity index (χ0n) is 16.6. The highest BCUT2D eigenvalue weighted by molar-refractivity contribution is 6.41. The molecule has 0 aliphatic carbocycles. The molecule has 31 heavy (non-hydrogen) atoms. The van der Waals surface area contributed by atoms with Crippen LogP contribution in [0.2, 0.25) is 15.1 Å². The van der Waals surface area contributed by atoms with Gasteiger partial charge in [-0.3, -0.25) is 15.2 Å². The second-order valence-electron chi connectivity index (χ2n) is 7.52. The van der Waals surface area contributed by atoms with Crippen molar-refractivity contribution in [2.24, 2.45) is 11.0 Å². The number of amides is 1. The third-order valence-corrected chi connectivity index (χ3v) is 6.23. The lowest BCUT2D eigenvalue weighted by Gasteiger charge is -2.27. The van der Waals surface area contributed by atoms with Crippen LogP contribution >= 0.6 is 34.8 Å². The number of anilines is 1. The lowest BCUT2D eigenvalue weighted by atomic mass is 9.90. The summed E-state index contributed by atoms with van der Waals surface area (Å²) >= 11 is 18.6. The largest absolute Gasteiger partial charge is 0.284 e. The van der Waals surface area contributed by atoms with E-state index >= 15 is 0 Å². The molecule has 2 aromatic rings. The summed E-state index contributed by atoms with van der Waals surface area (Å²) in [7, 11) is 0. The molecule has 0 unspecified atom stereocenters. The number of piperidine rings is 1. The van der Waals surface area contributed by atoms with Gasteiger partial charge in [0.25, 0.3) is 5.91 Å². The molecule has 0 spiro atoms. The van der Waals surface area contributed by atoms with Crippen LogP contribution in [-0.2, 0) is 4.79 Å². The average Bonchev–Trinajstić information content (AvgIpc) is 3.14. The van der Waals surface area contributed by atoms with Crippen LogP contribution in [-0.4, -0.2) is 29.7 Å². The molecule has 160 valence electrons. The van der Waals surface area contributed by atoms with Crippen molar-refractivity contribution in [1.29, 1.82) is 5.26 Å². The number of hydrazone groups is 1. The van der Waals surface area contributed by atoms with E-state index in [4.69, 9.17) is 34.8 Å². The van der Waals surface area contributed by atoms with E-state index in [0.717, 1.165) is 37.9 Å². The fourth-order valence-corrected chi connectivity index (χ4v) is 4.54. The molecule has 9 heteroatoms. The number of hydrogen-bond donors (Lipinski definition) is 1. The van der Waals surface area contributed by atoms with E-state index in [1.807, 2.05) is 17.1 Å². The Hall–Kier alpha value is -2.30. The van der Waals surface area contributed by atoms with Gasteiger partial charge in [0, 0.05) is 23.1 Å². The molecule has 0 bridgehead atoms. The van der Waals surface area contributed by atoms with Gasteiger partial charge in [0.05, 0.1) is 22.8 Å². The van der Waals surface area contributed by atoms with Gasteiger partial charge in [-0.1, -0.05) is 53.4 Å². The first-order valence-electron chi connectivity index (χ1n) is 10.0. The van der Waals surface area contributed by atoms with Gasteiger partial charge in [-0.05, 0) is 48.7 Å². The summed E-state index contributed by atoms with van der Waals surface area (Å²) in [6, 6.07) is 13.9. The van der Waals surface area contributed by atoms with Crippen molar-refractivity contribution in [2.45, 2.75) is 25.3 Å². The molecular formula is C22H20Cl3N5O. The number of carbonyl (C=O) groups excluding carboxylic acids is 1. The average molecular weight is 477 g/mol. The van der Waals surface area contributed by atoms with Crippen molar-refractivity contribution in [1.82, 2.24) is 10.4 Å². The minimum absolute atomic E-state index is 0.152. The van der Waals surface area contributed by atoms with Gasteiger partial charge < -0.3 is 0 Å². The van der Waals surface area contributed by atoms with Gasteiger partial charge in [-0.25, -0.2) is 5.01 Å². The number of halogens is 3. The summed E-state index contributed by atoms with van der Waals surface area (Å²) in [5.74, 6) is -1.17. The van der Waals surface area contributed by atoms with Crippen LogP contribution in [0.4, 0.5) is 5.69 Å². The van der Waals surface area contributed by atoms with Gasteiger partial charge in [0.15, 0.2) is 0 Å². The van der Waals surface area contributed by atoms with Crippen molar-refractivity contribution >= 4 is 52.1 Å². The summed E-state index contributed by atoms with van der Waals surface area (Å²) in [5.41, 5.74) is 4.42. The third kappa shape index (κ3) is 4.65. The molecule has 2 aromatic carbocycles. The lowest BCUT2D eigenvalue weighted by molar-refractivity contribution is -0.119. The van der Waals surface area contributed by atoms with Crippen LogP contribution in [0, 0.1) is 17.2 Å². The van der Waals surface area contributed by atoms with Gasteiger partial charge in [0.2, 0.25) is 0 Å². The Balaban J connectivity index is 1.73. The molecule has 2 aliphatic heterocycles. The van der Waals surface area contributed by atoms with Crippen LogP contribution in [0.25, 0.3) is 0 Å². The quantitative estimate of drug-likeness (QED) is 0.656. The van der Waals surface area contributed by atoms with E-state index < -0.39 is 12.0 Å². The SMILES string of the molecule is N#C[C@@H]1C(C(=O)NN2CCCCC2)=NN(c2ccc(Cl)cc2Cl)[C@@H]1c1ccc(Cl)cc1. The van der Waals surface area contributed by atoms with Gasteiger partial charge in [0.1, 0.15) is 11.6 Å². The molecule has 0 saturated carbocycles. The number of nitrogens with zero attached hydrogens (tertiary/aromatic N) is 4. The monoisotopic (exact) mass is 475 g/mol. The molecule has 2 aliphatic rings. The van der Waals surface area contributed by atoms with Gasteiger partial charge in [-0.2, -0.15) is 10.4 Å². The zero-order chi connectivity index (χ0) is 22.0. The van der Waals surface area contributed by atoms with E-state index in [-0.39, 0.29) is 11.6 Å². The van der Waals surface area contributed by atoms with Crippen molar-refractivity contribution in [3.63, 3.8) is 0 Å². The fourth-order valence-electron chi connectivity index (χ4n) is 3.92. The number of hydrazine groups is 1. The Kier molecular flexibility index (Phi) is 6.68. The minimum atomic E-state index is -0.794. The molecule has 2 heterocycles. The standard InChI is InChI=1S/C22H20Cl3N5O/c23-15-6-4-14(5-7-15)21-17(13-26)20(22(31)28-29-10-2-1-3-11-29)27-30(21)19-9-8-16(24)12-18(19)25/h4-9,12,17,21H,1-3,10-11H2,(H,28,31)/t17-,21-/m1/s1. The number of carbonyl (C=O) groups is 1. The Morgan fingerprint density at radius 3 is 2.35 bits per heavy atom. The summed E-state index contributed by atoms with van der Waals surface area (Å²) in [6.07, 6.45) is 3.19. The van der Waals surface area contributed by atoms with Crippen molar-refractivity contribution in [3.8, 4) is 6.07 Å². The van der Waals surface area contributed by atoms with Gasteiger partial charge in [-0.15, -0.1) is 0 Å². The zero-order valence-corrected chi connectivity index (χ0v) is 18.8. The lowest BCUT2D eigenvalue weighted by Crippen LogP contribution is -2.48. The normalized spacial score (nSPS) is 21.5. The topological polar surface area (TPSA) is 71.7 Å². The fraction of sp³-hybridized carbons (Fsp3) is 0.318. The number of nitrogens with one attached hydrogen (secondary N) is 1. The molecule has 6 nitrogen and oxygen atoms in total. The van der Waals surface area contributed by atoms with Gasteiger partial charge >= 0.3 is 0 Å². The van der Waals surface area contributed by atoms with Crippen molar-refractivity contribution in [2.75, 3.05) is 18.1 Å². The molecule has 1 saturated heterocycles. The molecule has 0 aromatic heterocycles. The Morgan fingerprint density at radius 1 is 1.03 bits per heavy atom. The van der Waals surface area contributed by atoms with Crippen molar-refractivity contribution in [3.05, 3.63) is 63.1 Å². The third-order valence-electron chi connectivity index (χ3n) is 5.44. The van der Waals surface area contributed by atoms with E-state index in [1.165, 1.54) is 0 Å². The van der Waals surface area contributed by atoms with Crippen molar-refractivity contribution < 1.29 is 4.79 Å². The number of benzene rings is 2. The highest BCUT2D eigenvalue weighted by Gasteiger charge is 2.43. The summed E-state index contributed by atoms with van der Waals surface area (Å²) < 4.78 is 0. The Bertz CT molecular complexity index is 1040. The first-order chi connectivity index (χ1) is 15.0. The summed E-state index contributed by atoms with van der Waals surface area (Å²) in [4.78, 5) is 13.1. The number of hydrogen-bond acceptors (Lipinski definition) is 5. The van der Waals surface area contributed by atoms with Crippen LogP contribution < -0.4 is 10.4 Å². The Labute approximate surface area is 195 Å². The maximum absolute atomic E-state index is 13.1. The highest BCUT2D eigenvalue weighted by atomic mass is 35.5. The number of rotatable bonds is 4. The highest BCUT2D eigenvalue weighted by Crippen LogP contribution is 2.42. The van der Waals surface area contributed by atoms with E-state index in [0.29, 0.717) is 20.8 Å². The van der Waals surface area contributed by atoms with Crippen LogP contribution in [0.3, 0.4) is 0 Å². The molecule has 0 radical (unpaired) electrons. The van der Waals surface area contributed by atoms with E-state index in [1.54, 1.807) is 35.3 Å². The predicted octanol–water partition coefficient (Wildman–Crippen LogP) is 5.22. The molecule has 1 fully saturated rings. The second-order valence-corrected chi connectivity index (χ2v) is 8.80. The maximum Gasteiger partial charge on any atom is 0.283 e. The molecule has 1 N–H and O–H groups in total. The molecule has 4 rings (SSSR count). The second kappa shape index (κ2) is 9.46. The van der Waals surface area contributed by atoms with Crippen LogP contribution in [0.15, 0.2) is 47.6 Å². The van der Waals surface area contributed by atoms with E-state index in [9.17, 15) is 10.1 Å².